The average Bonchev–Trinajstić information content (AvgIpc) is 2.79. The molecule has 120 valence electrons. The molecule has 0 aromatic carbocycles. The van der Waals surface area contributed by atoms with Gasteiger partial charge in [-0.05, 0) is 47.5 Å². The Morgan fingerprint density at radius 3 is 2.48 bits per heavy atom. The van der Waals surface area contributed by atoms with Crippen LogP contribution in [0.15, 0.2) is 6.20 Å². The van der Waals surface area contributed by atoms with Crippen LogP contribution in [0.3, 0.4) is 0 Å². The first kappa shape index (κ1) is 16.5. The van der Waals surface area contributed by atoms with E-state index in [0.29, 0.717) is 6.54 Å². The van der Waals surface area contributed by atoms with Gasteiger partial charge in [0.15, 0.2) is 0 Å². The van der Waals surface area contributed by atoms with Crippen LogP contribution in [-0.4, -0.2) is 27.0 Å². The Bertz CT molecular complexity index is 467. The molecule has 0 saturated heterocycles. The summed E-state index contributed by atoms with van der Waals surface area (Å²) in [6.45, 7) is 11.4. The lowest BCUT2D eigenvalue weighted by molar-refractivity contribution is 0.00298. The molecule has 4 nitrogen and oxygen atoms in total. The SMILES string of the molecule is Cc1nn(C(C)(C)C)cc1C(C)NCC1(O)CCCCC1. The van der Waals surface area contributed by atoms with Crippen LogP contribution >= 0.6 is 0 Å². The molecule has 1 aliphatic carbocycles. The van der Waals surface area contributed by atoms with Gasteiger partial charge in [-0.1, -0.05) is 19.3 Å². The molecule has 21 heavy (non-hydrogen) atoms. The van der Waals surface area contributed by atoms with Crippen LogP contribution in [0.1, 0.15) is 77.1 Å². The zero-order valence-corrected chi connectivity index (χ0v) is 14.2. The summed E-state index contributed by atoms with van der Waals surface area (Å²) in [7, 11) is 0. The van der Waals surface area contributed by atoms with E-state index in [1.54, 1.807) is 0 Å². The van der Waals surface area contributed by atoms with Gasteiger partial charge >= 0.3 is 0 Å². The Hall–Kier alpha value is -0.870. The topological polar surface area (TPSA) is 50.1 Å². The predicted octanol–water partition coefficient (Wildman–Crippen LogP) is 3.29. The number of rotatable bonds is 4. The van der Waals surface area contributed by atoms with E-state index in [0.717, 1.165) is 31.4 Å². The minimum absolute atomic E-state index is 0.00427. The van der Waals surface area contributed by atoms with Crippen molar-refractivity contribution in [3.8, 4) is 0 Å². The van der Waals surface area contributed by atoms with Crippen molar-refractivity contribution in [3.05, 3.63) is 17.5 Å². The number of aryl methyl sites for hydroxylation is 1. The second kappa shape index (κ2) is 6.09. The molecule has 2 rings (SSSR count). The summed E-state index contributed by atoms with van der Waals surface area (Å²) >= 11 is 0. The van der Waals surface area contributed by atoms with Crippen LogP contribution in [0.25, 0.3) is 0 Å². The summed E-state index contributed by atoms with van der Waals surface area (Å²) < 4.78 is 2.03. The van der Waals surface area contributed by atoms with Crippen molar-refractivity contribution in [1.82, 2.24) is 15.1 Å². The average molecular weight is 293 g/mol. The zero-order chi connectivity index (χ0) is 15.7. The molecule has 4 heteroatoms. The van der Waals surface area contributed by atoms with Crippen LogP contribution in [0, 0.1) is 6.92 Å². The minimum Gasteiger partial charge on any atom is -0.389 e. The molecule has 0 radical (unpaired) electrons. The van der Waals surface area contributed by atoms with E-state index < -0.39 is 5.60 Å². The van der Waals surface area contributed by atoms with Gasteiger partial charge in [-0.25, -0.2) is 0 Å². The van der Waals surface area contributed by atoms with E-state index in [2.05, 4.69) is 51.2 Å². The van der Waals surface area contributed by atoms with Gasteiger partial charge in [-0.3, -0.25) is 4.68 Å². The lowest BCUT2D eigenvalue weighted by atomic mass is 9.84. The molecule has 1 aromatic rings. The molecule has 1 saturated carbocycles. The molecule has 1 atom stereocenters. The van der Waals surface area contributed by atoms with E-state index in [4.69, 9.17) is 0 Å². The first-order valence-corrected chi connectivity index (χ1v) is 8.24. The summed E-state index contributed by atoms with van der Waals surface area (Å²) in [6.07, 6.45) is 7.54. The van der Waals surface area contributed by atoms with Gasteiger partial charge in [0.25, 0.3) is 0 Å². The van der Waals surface area contributed by atoms with Gasteiger partial charge < -0.3 is 10.4 Å². The number of aromatic nitrogens is 2. The summed E-state index contributed by atoms with van der Waals surface area (Å²) in [5, 5.41) is 18.7. The van der Waals surface area contributed by atoms with Crippen molar-refractivity contribution in [2.45, 2.75) is 83.9 Å². The van der Waals surface area contributed by atoms with Gasteiger partial charge in [-0.15, -0.1) is 0 Å². The lowest BCUT2D eigenvalue weighted by Gasteiger charge is -2.33. The molecule has 1 heterocycles. The third kappa shape index (κ3) is 4.07. The van der Waals surface area contributed by atoms with Gasteiger partial charge in [-0.2, -0.15) is 5.10 Å². The number of nitrogens with one attached hydrogen (secondary N) is 1. The molecule has 0 spiro atoms. The van der Waals surface area contributed by atoms with E-state index in [-0.39, 0.29) is 11.6 Å². The molecule has 1 aromatic heterocycles. The van der Waals surface area contributed by atoms with Crippen molar-refractivity contribution < 1.29 is 5.11 Å². The molecule has 0 amide bonds. The van der Waals surface area contributed by atoms with Gasteiger partial charge in [0, 0.05) is 24.3 Å². The molecule has 0 bridgehead atoms. The number of hydrogen-bond acceptors (Lipinski definition) is 3. The molecule has 1 aliphatic rings. The maximum atomic E-state index is 10.6. The third-order valence-electron chi connectivity index (χ3n) is 4.61. The molecular formula is C17H31N3O. The zero-order valence-electron chi connectivity index (χ0n) is 14.2. The molecule has 0 aliphatic heterocycles. The highest BCUT2D eigenvalue weighted by Crippen LogP contribution is 2.28. The molecular weight excluding hydrogens is 262 g/mol. The monoisotopic (exact) mass is 293 g/mol. The van der Waals surface area contributed by atoms with E-state index in [1.807, 2.05) is 4.68 Å². The Kier molecular flexibility index (Phi) is 4.79. The van der Waals surface area contributed by atoms with Crippen LogP contribution in [0.5, 0.6) is 0 Å². The number of hydrogen-bond donors (Lipinski definition) is 2. The molecule has 1 unspecified atom stereocenters. The third-order valence-corrected chi connectivity index (χ3v) is 4.61. The summed E-state index contributed by atoms with van der Waals surface area (Å²) in [5.74, 6) is 0. The van der Waals surface area contributed by atoms with Crippen LogP contribution in [0.4, 0.5) is 0 Å². The van der Waals surface area contributed by atoms with Crippen LogP contribution in [-0.2, 0) is 5.54 Å². The fraction of sp³-hybridized carbons (Fsp3) is 0.824. The minimum atomic E-state index is -0.513. The summed E-state index contributed by atoms with van der Waals surface area (Å²) in [6, 6.07) is 0.215. The lowest BCUT2D eigenvalue weighted by Crippen LogP contribution is -2.42. The Morgan fingerprint density at radius 2 is 1.95 bits per heavy atom. The van der Waals surface area contributed by atoms with E-state index in [9.17, 15) is 5.11 Å². The Balaban J connectivity index is 2.00. The van der Waals surface area contributed by atoms with Crippen molar-refractivity contribution in [3.63, 3.8) is 0 Å². The summed E-state index contributed by atoms with van der Waals surface area (Å²) in [5.41, 5.74) is 1.79. The highest BCUT2D eigenvalue weighted by Gasteiger charge is 2.29. The van der Waals surface area contributed by atoms with E-state index >= 15 is 0 Å². The Labute approximate surface area is 128 Å². The smallest absolute Gasteiger partial charge is 0.0771 e. The largest absolute Gasteiger partial charge is 0.389 e. The number of nitrogens with zero attached hydrogens (tertiary/aromatic N) is 2. The maximum absolute atomic E-state index is 10.6. The molecule has 2 N–H and O–H groups in total. The van der Waals surface area contributed by atoms with Crippen molar-refractivity contribution >= 4 is 0 Å². The first-order chi connectivity index (χ1) is 9.71. The first-order valence-electron chi connectivity index (χ1n) is 8.24. The van der Waals surface area contributed by atoms with Crippen LogP contribution < -0.4 is 5.32 Å². The highest BCUT2D eigenvalue weighted by atomic mass is 16.3. The normalized spacial score (nSPS) is 20.5. The van der Waals surface area contributed by atoms with Crippen LogP contribution in [0.2, 0.25) is 0 Å². The van der Waals surface area contributed by atoms with E-state index in [1.165, 1.54) is 12.0 Å². The second-order valence-corrected chi connectivity index (χ2v) is 7.67. The quantitative estimate of drug-likeness (QED) is 0.895. The van der Waals surface area contributed by atoms with Crippen molar-refractivity contribution in [2.75, 3.05) is 6.54 Å². The Morgan fingerprint density at radius 1 is 1.33 bits per heavy atom. The summed E-state index contributed by atoms with van der Waals surface area (Å²) in [4.78, 5) is 0. The van der Waals surface area contributed by atoms with Crippen molar-refractivity contribution in [1.29, 1.82) is 0 Å². The molecule has 1 fully saturated rings. The standard InChI is InChI=1S/C17H31N3O/c1-13(18-12-17(21)9-7-6-8-10-17)15-11-20(16(3,4)5)19-14(15)2/h11,13,18,21H,6-10,12H2,1-5H3. The fourth-order valence-electron chi connectivity index (χ4n) is 3.08. The van der Waals surface area contributed by atoms with Gasteiger partial charge in [0.05, 0.1) is 16.8 Å². The van der Waals surface area contributed by atoms with Gasteiger partial charge in [0.1, 0.15) is 0 Å². The van der Waals surface area contributed by atoms with Gasteiger partial charge in [0.2, 0.25) is 0 Å². The van der Waals surface area contributed by atoms with Crippen molar-refractivity contribution in [2.24, 2.45) is 0 Å². The fourth-order valence-corrected chi connectivity index (χ4v) is 3.08. The highest BCUT2D eigenvalue weighted by molar-refractivity contribution is 5.20. The number of aliphatic hydroxyl groups is 1. The maximum Gasteiger partial charge on any atom is 0.0771 e. The second-order valence-electron chi connectivity index (χ2n) is 7.67. The predicted molar refractivity (Wildman–Crippen MR) is 86.4 cm³/mol.